The van der Waals surface area contributed by atoms with E-state index in [-0.39, 0.29) is 5.57 Å². The third-order valence-corrected chi connectivity index (χ3v) is 4.51. The molecule has 3 aromatic rings. The highest BCUT2D eigenvalue weighted by molar-refractivity contribution is 6.09. The molecular weight excluding hydrogens is 396 g/mol. The van der Waals surface area contributed by atoms with Crippen LogP contribution in [0.1, 0.15) is 5.56 Å². The molecule has 0 atom stereocenters. The van der Waals surface area contributed by atoms with E-state index in [1.54, 1.807) is 42.9 Å². The number of rotatable bonds is 7. The number of hydrogen-bond acceptors (Lipinski definition) is 6. The Hall–Kier alpha value is -4.25. The molecule has 2 heterocycles. The fourth-order valence-electron chi connectivity index (χ4n) is 3.02. The molecule has 0 fully saturated rings. The van der Waals surface area contributed by atoms with Crippen molar-refractivity contribution in [1.82, 2.24) is 9.55 Å². The number of carbonyl (C=O) groups is 1. The van der Waals surface area contributed by atoms with E-state index in [0.717, 1.165) is 0 Å². The molecule has 1 aromatic heterocycles. The van der Waals surface area contributed by atoms with Crippen LogP contribution in [0, 0.1) is 11.3 Å². The van der Waals surface area contributed by atoms with Crippen LogP contribution in [0.4, 0.5) is 5.69 Å². The zero-order valence-corrected chi connectivity index (χ0v) is 16.7. The Morgan fingerprint density at radius 3 is 2.90 bits per heavy atom. The molecule has 0 saturated heterocycles. The van der Waals surface area contributed by atoms with Crippen molar-refractivity contribution >= 4 is 17.7 Å². The first-order valence-electron chi connectivity index (χ1n) is 9.73. The number of hydrogen-bond donors (Lipinski definition) is 1. The normalized spacial score (nSPS) is 12.7. The zero-order chi connectivity index (χ0) is 21.5. The van der Waals surface area contributed by atoms with Crippen LogP contribution in [-0.2, 0) is 11.3 Å². The molecule has 31 heavy (non-hydrogen) atoms. The van der Waals surface area contributed by atoms with Crippen molar-refractivity contribution in [3.8, 4) is 23.3 Å². The van der Waals surface area contributed by atoms with Crippen molar-refractivity contribution in [2.75, 3.05) is 25.1 Å². The van der Waals surface area contributed by atoms with E-state index in [1.807, 2.05) is 29.0 Å². The molecule has 8 heteroatoms. The number of aromatic nitrogens is 2. The van der Waals surface area contributed by atoms with Crippen molar-refractivity contribution in [2.45, 2.75) is 6.54 Å². The van der Waals surface area contributed by atoms with Gasteiger partial charge in [0.2, 0.25) is 0 Å². The first-order valence-corrected chi connectivity index (χ1v) is 9.73. The fraction of sp³-hybridized carbons (Fsp3) is 0.174. The van der Waals surface area contributed by atoms with E-state index in [9.17, 15) is 10.1 Å². The number of imidazole rings is 1. The Labute approximate surface area is 179 Å². The minimum Gasteiger partial charge on any atom is -0.492 e. The van der Waals surface area contributed by atoms with E-state index >= 15 is 0 Å². The molecule has 156 valence electrons. The second-order valence-corrected chi connectivity index (χ2v) is 6.70. The number of nitrogens with one attached hydrogen (secondary N) is 1. The molecule has 0 aliphatic carbocycles. The summed E-state index contributed by atoms with van der Waals surface area (Å²) < 4.78 is 18.7. The molecule has 0 bridgehead atoms. The first-order chi connectivity index (χ1) is 15.2. The summed E-state index contributed by atoms with van der Waals surface area (Å²) in [7, 11) is 0. The topological polar surface area (TPSA) is 98.4 Å². The van der Waals surface area contributed by atoms with Crippen molar-refractivity contribution in [2.24, 2.45) is 0 Å². The molecule has 1 aliphatic rings. The molecule has 0 radical (unpaired) electrons. The number of nitrogens with zero attached hydrogens (tertiary/aromatic N) is 3. The molecular formula is C23H20N4O4. The van der Waals surface area contributed by atoms with Crippen molar-refractivity contribution in [3.05, 3.63) is 72.3 Å². The highest BCUT2D eigenvalue weighted by Gasteiger charge is 2.14. The Bertz CT molecular complexity index is 1130. The van der Waals surface area contributed by atoms with Crippen molar-refractivity contribution < 1.29 is 19.0 Å². The van der Waals surface area contributed by atoms with Gasteiger partial charge in [-0.2, -0.15) is 5.26 Å². The van der Waals surface area contributed by atoms with Crippen LogP contribution >= 0.6 is 0 Å². The lowest BCUT2D eigenvalue weighted by Gasteiger charge is -2.18. The fourth-order valence-corrected chi connectivity index (χ4v) is 3.02. The maximum absolute atomic E-state index is 12.6. The average molecular weight is 416 g/mol. The van der Waals surface area contributed by atoms with Crippen LogP contribution in [-0.4, -0.2) is 35.3 Å². The number of amides is 1. The predicted molar refractivity (Wildman–Crippen MR) is 114 cm³/mol. The molecule has 4 rings (SSSR count). The Kier molecular flexibility index (Phi) is 6.14. The van der Waals surface area contributed by atoms with Gasteiger partial charge < -0.3 is 24.1 Å². The van der Waals surface area contributed by atoms with E-state index in [0.29, 0.717) is 54.9 Å². The summed E-state index contributed by atoms with van der Waals surface area (Å²) in [6, 6.07) is 14.3. The van der Waals surface area contributed by atoms with Crippen LogP contribution in [0.3, 0.4) is 0 Å². The van der Waals surface area contributed by atoms with Gasteiger partial charge in [-0.25, -0.2) is 4.98 Å². The summed E-state index contributed by atoms with van der Waals surface area (Å²) in [4.78, 5) is 16.6. The Balaban J connectivity index is 1.41. The second kappa shape index (κ2) is 9.50. The van der Waals surface area contributed by atoms with E-state index < -0.39 is 5.91 Å². The van der Waals surface area contributed by atoms with Gasteiger partial charge in [0.15, 0.2) is 11.5 Å². The number of anilines is 1. The number of benzene rings is 2. The van der Waals surface area contributed by atoms with Gasteiger partial charge in [0, 0.05) is 24.1 Å². The average Bonchev–Trinajstić information content (AvgIpc) is 3.31. The van der Waals surface area contributed by atoms with Crippen LogP contribution in [0.5, 0.6) is 17.2 Å². The largest absolute Gasteiger partial charge is 0.492 e. The number of ether oxygens (including phenoxy) is 3. The Morgan fingerprint density at radius 1 is 1.23 bits per heavy atom. The third kappa shape index (κ3) is 5.22. The van der Waals surface area contributed by atoms with Gasteiger partial charge >= 0.3 is 0 Å². The van der Waals surface area contributed by atoms with Gasteiger partial charge in [0.25, 0.3) is 5.91 Å². The zero-order valence-electron chi connectivity index (χ0n) is 16.7. The molecule has 1 aliphatic heterocycles. The van der Waals surface area contributed by atoms with Crippen LogP contribution in [0.25, 0.3) is 6.08 Å². The minimum atomic E-state index is -0.509. The van der Waals surface area contributed by atoms with Crippen LogP contribution in [0.2, 0.25) is 0 Å². The smallest absolute Gasteiger partial charge is 0.266 e. The third-order valence-electron chi connectivity index (χ3n) is 4.51. The summed E-state index contributed by atoms with van der Waals surface area (Å²) in [5.74, 6) is 1.33. The lowest BCUT2D eigenvalue weighted by atomic mass is 10.1. The maximum atomic E-state index is 12.6. The molecule has 0 unspecified atom stereocenters. The minimum absolute atomic E-state index is 0.0227. The monoisotopic (exact) mass is 416 g/mol. The molecule has 1 amide bonds. The summed E-state index contributed by atoms with van der Waals surface area (Å²) in [6.45, 7) is 2.08. The SMILES string of the molecule is N#C/C(=C/c1cccc(OCCn2ccnc2)c1)C(=O)Nc1ccc2c(c1)OCCO2. The highest BCUT2D eigenvalue weighted by atomic mass is 16.6. The van der Waals surface area contributed by atoms with E-state index in [1.165, 1.54) is 6.08 Å². The highest BCUT2D eigenvalue weighted by Crippen LogP contribution is 2.32. The maximum Gasteiger partial charge on any atom is 0.266 e. The van der Waals surface area contributed by atoms with E-state index in [4.69, 9.17) is 14.2 Å². The second-order valence-electron chi connectivity index (χ2n) is 6.70. The number of carbonyl (C=O) groups excluding carboxylic acids is 1. The van der Waals surface area contributed by atoms with Crippen LogP contribution in [0.15, 0.2) is 66.8 Å². The van der Waals surface area contributed by atoms with Crippen molar-refractivity contribution in [3.63, 3.8) is 0 Å². The summed E-state index contributed by atoms with van der Waals surface area (Å²) in [5, 5.41) is 12.2. The first kappa shape index (κ1) is 20.0. The van der Waals surface area contributed by atoms with Gasteiger partial charge in [-0.3, -0.25) is 4.79 Å². The van der Waals surface area contributed by atoms with Gasteiger partial charge in [-0.1, -0.05) is 12.1 Å². The van der Waals surface area contributed by atoms with Gasteiger partial charge in [-0.05, 0) is 35.9 Å². The molecule has 0 saturated carbocycles. The summed E-state index contributed by atoms with van der Waals surface area (Å²) >= 11 is 0. The quantitative estimate of drug-likeness (QED) is 0.469. The molecule has 0 spiro atoms. The van der Waals surface area contributed by atoms with Crippen LogP contribution < -0.4 is 19.5 Å². The number of nitriles is 1. The van der Waals surface area contributed by atoms with Gasteiger partial charge in [0.05, 0.1) is 12.9 Å². The predicted octanol–water partition coefficient (Wildman–Crippen LogP) is 3.28. The van der Waals surface area contributed by atoms with Crippen molar-refractivity contribution in [1.29, 1.82) is 5.26 Å². The summed E-state index contributed by atoms with van der Waals surface area (Å²) in [5.41, 5.74) is 1.19. The lowest BCUT2D eigenvalue weighted by molar-refractivity contribution is -0.112. The Morgan fingerprint density at radius 2 is 2.10 bits per heavy atom. The standard InChI is InChI=1S/C23H20N4O4/c24-15-18(23(28)26-19-4-5-21-22(14-19)31-11-10-30-21)12-17-2-1-3-20(13-17)29-9-8-27-7-6-25-16-27/h1-7,12-14,16H,8-11H2,(H,26,28)/b18-12-. The molecule has 1 N–H and O–H groups in total. The van der Waals surface area contributed by atoms with E-state index in [2.05, 4.69) is 10.3 Å². The van der Waals surface area contributed by atoms with Gasteiger partial charge in [-0.15, -0.1) is 0 Å². The summed E-state index contributed by atoms with van der Waals surface area (Å²) in [6.07, 6.45) is 6.82. The molecule has 2 aromatic carbocycles. The molecule has 8 nitrogen and oxygen atoms in total. The number of fused-ring (bicyclic) bond motifs is 1. The lowest BCUT2D eigenvalue weighted by Crippen LogP contribution is -2.17. The van der Waals surface area contributed by atoms with Gasteiger partial charge in [0.1, 0.15) is 37.2 Å².